The van der Waals surface area contributed by atoms with Crippen LogP contribution in [0.15, 0.2) is 0 Å². The van der Waals surface area contributed by atoms with E-state index in [1.807, 2.05) is 0 Å². The molecule has 0 aromatic heterocycles. The number of rotatable bonds is 0. The van der Waals surface area contributed by atoms with Gasteiger partial charge in [-0.15, -0.1) is 0 Å². The van der Waals surface area contributed by atoms with Crippen molar-refractivity contribution in [1.82, 2.24) is 0 Å². The molecule has 0 amide bonds. The number of hydrogen-bond acceptors (Lipinski definition) is 0. The van der Waals surface area contributed by atoms with E-state index in [4.69, 9.17) is 0 Å². The van der Waals surface area contributed by atoms with Crippen molar-refractivity contribution in [3.05, 3.63) is 0 Å². The second-order valence-corrected chi connectivity index (χ2v) is 18.5. The van der Waals surface area contributed by atoms with Crippen LogP contribution in [0, 0.1) is 79.8 Å². The van der Waals surface area contributed by atoms with Crippen LogP contribution in [0.5, 0.6) is 0 Å². The molecule has 0 spiro atoms. The summed E-state index contributed by atoms with van der Waals surface area (Å²) in [5.74, 6) is 6.10. The van der Waals surface area contributed by atoms with Gasteiger partial charge in [-0.3, -0.25) is 0 Å². The molecule has 3 aliphatic carbocycles. The quantitative estimate of drug-likeness (QED) is 0.347. The molecule has 0 aromatic carbocycles. The molecule has 2 bridgehead atoms. The highest BCUT2D eigenvalue weighted by Crippen LogP contribution is 2.75. The summed E-state index contributed by atoms with van der Waals surface area (Å²) in [5, 5.41) is 0. The van der Waals surface area contributed by atoms with Crippen molar-refractivity contribution in [1.29, 1.82) is 0 Å². The fourth-order valence-corrected chi connectivity index (χ4v) is 9.47. The Balaban J connectivity index is 3.05. The van der Waals surface area contributed by atoms with Crippen molar-refractivity contribution in [2.75, 3.05) is 0 Å². The van der Waals surface area contributed by atoms with Crippen LogP contribution in [0.25, 0.3) is 0 Å². The van der Waals surface area contributed by atoms with Crippen LogP contribution in [-0.2, 0) is 0 Å². The molecule has 6 atom stereocenters. The van der Waals surface area contributed by atoms with Crippen LogP contribution in [0.4, 0.5) is 0 Å². The Bertz CT molecular complexity index is 497. The Labute approximate surface area is 204 Å². The molecule has 0 aliphatic heterocycles. The molecule has 32 heavy (non-hydrogen) atoms. The van der Waals surface area contributed by atoms with Gasteiger partial charge in [-0.1, -0.05) is 125 Å². The molecule has 190 valence electrons. The van der Waals surface area contributed by atoms with Crippen LogP contribution in [-0.4, -0.2) is 0 Å². The van der Waals surface area contributed by atoms with Gasteiger partial charge in [-0.25, -0.2) is 0 Å². The minimum absolute atomic E-state index is 0.319. The Morgan fingerprint density at radius 3 is 0.375 bits per heavy atom. The van der Waals surface area contributed by atoms with E-state index in [0.29, 0.717) is 32.5 Å². The summed E-state index contributed by atoms with van der Waals surface area (Å²) < 4.78 is 0. The van der Waals surface area contributed by atoms with Crippen molar-refractivity contribution in [2.45, 2.75) is 125 Å². The molecule has 0 saturated heterocycles. The van der Waals surface area contributed by atoms with Gasteiger partial charge in [-0.2, -0.15) is 0 Å². The second kappa shape index (κ2) is 7.75. The molecule has 0 nitrogen and oxygen atoms in total. The van der Waals surface area contributed by atoms with E-state index in [1.165, 1.54) is 0 Å². The maximum atomic E-state index is 2.56. The molecule has 3 aliphatic rings. The largest absolute Gasteiger partial charge is 0.0599 e. The van der Waals surface area contributed by atoms with Crippen molar-refractivity contribution in [3.8, 4) is 0 Å². The van der Waals surface area contributed by atoms with Crippen molar-refractivity contribution < 1.29 is 0 Å². The Morgan fingerprint density at radius 2 is 0.312 bits per heavy atom. The Hall–Kier alpha value is 0. The first kappa shape index (κ1) is 28.2. The van der Waals surface area contributed by atoms with Crippen LogP contribution < -0.4 is 0 Å². The third-order valence-electron chi connectivity index (χ3n) is 9.65. The standard InChI is InChI=1S/C32H62/c1-27(2,3)21-19-23(29(7,8)9)25(31(13,14)15)20(22(21)28(4,5)6)26(32(16,17)18)24(19)30(10,11)12/h19-26H,1-18H3. The van der Waals surface area contributed by atoms with Gasteiger partial charge in [0.2, 0.25) is 0 Å². The first-order valence-electron chi connectivity index (χ1n) is 13.7. The molecule has 0 N–H and O–H groups in total. The van der Waals surface area contributed by atoms with Gasteiger partial charge in [0, 0.05) is 0 Å². The predicted octanol–water partition coefficient (Wildman–Crippen LogP) is 10.2. The lowest BCUT2D eigenvalue weighted by atomic mass is 9.29. The van der Waals surface area contributed by atoms with E-state index in [0.717, 1.165) is 47.3 Å². The number of fused-ring (bicyclic) bond motifs is 3. The van der Waals surface area contributed by atoms with Crippen LogP contribution in [0.2, 0.25) is 0 Å². The zero-order valence-electron chi connectivity index (χ0n) is 25.6. The molecular formula is C32H62. The smallest absolute Gasteiger partial charge is 0.0295 e. The molecule has 0 aromatic rings. The van der Waals surface area contributed by atoms with Gasteiger partial charge in [0.05, 0.1) is 0 Å². The maximum Gasteiger partial charge on any atom is -0.0295 e. The van der Waals surface area contributed by atoms with Crippen molar-refractivity contribution >= 4 is 0 Å². The molecule has 3 fully saturated rings. The summed E-state index contributed by atoms with van der Waals surface area (Å²) in [7, 11) is 0. The van der Waals surface area contributed by atoms with E-state index < -0.39 is 0 Å². The lowest BCUT2D eigenvalue weighted by Crippen LogP contribution is -2.71. The maximum absolute atomic E-state index is 2.56. The molecular weight excluding hydrogens is 384 g/mol. The molecule has 6 unspecified atom stereocenters. The highest BCUT2D eigenvalue weighted by molar-refractivity contribution is 5.18. The summed E-state index contributed by atoms with van der Waals surface area (Å²) in [6.07, 6.45) is 0. The third kappa shape index (κ3) is 4.87. The lowest BCUT2D eigenvalue weighted by molar-refractivity contribution is -0.281. The monoisotopic (exact) mass is 446 g/mol. The van der Waals surface area contributed by atoms with E-state index in [1.54, 1.807) is 0 Å². The van der Waals surface area contributed by atoms with Crippen molar-refractivity contribution in [3.63, 3.8) is 0 Å². The molecule has 3 saturated carbocycles. The normalized spacial score (nSPS) is 37.7. The number of hydrogen-bond donors (Lipinski definition) is 0. The second-order valence-electron chi connectivity index (χ2n) is 18.5. The molecule has 3 rings (SSSR count). The average molecular weight is 447 g/mol. The van der Waals surface area contributed by atoms with Crippen LogP contribution >= 0.6 is 0 Å². The molecule has 0 radical (unpaired) electrons. The van der Waals surface area contributed by atoms with Gasteiger partial charge in [0.15, 0.2) is 0 Å². The summed E-state index contributed by atoms with van der Waals surface area (Å²) >= 11 is 0. The van der Waals surface area contributed by atoms with Crippen LogP contribution in [0.3, 0.4) is 0 Å². The minimum Gasteiger partial charge on any atom is -0.0599 e. The minimum atomic E-state index is 0.319. The Morgan fingerprint density at radius 1 is 0.219 bits per heavy atom. The summed E-state index contributed by atoms with van der Waals surface area (Å²) in [6.45, 7) is 46.2. The zero-order valence-corrected chi connectivity index (χ0v) is 25.6. The first-order chi connectivity index (χ1) is 13.7. The van der Waals surface area contributed by atoms with E-state index in [2.05, 4.69) is 125 Å². The zero-order chi connectivity index (χ0) is 25.6. The fourth-order valence-electron chi connectivity index (χ4n) is 9.47. The predicted molar refractivity (Wildman–Crippen MR) is 145 cm³/mol. The molecule has 0 heterocycles. The summed E-state index contributed by atoms with van der Waals surface area (Å²) in [4.78, 5) is 0. The van der Waals surface area contributed by atoms with Crippen LogP contribution in [0.1, 0.15) is 125 Å². The first-order valence-corrected chi connectivity index (χ1v) is 13.7. The third-order valence-corrected chi connectivity index (χ3v) is 9.65. The summed E-state index contributed by atoms with van der Waals surface area (Å²) in [6, 6.07) is 0. The topological polar surface area (TPSA) is 0 Å². The van der Waals surface area contributed by atoms with Gasteiger partial charge in [0.25, 0.3) is 0 Å². The summed E-state index contributed by atoms with van der Waals surface area (Å²) in [5.41, 5.74) is 1.91. The van der Waals surface area contributed by atoms with Gasteiger partial charge >= 0.3 is 0 Å². The average Bonchev–Trinajstić information content (AvgIpc) is 2.46. The SMILES string of the molecule is CC(C)(C)C1C2C(C(C)(C)C)C(C(C)(C)C)C(C1C(C)(C)C)C(C(C)(C)C)C2C(C)(C)C. The highest BCUT2D eigenvalue weighted by Gasteiger charge is 2.71. The van der Waals surface area contributed by atoms with E-state index in [9.17, 15) is 0 Å². The highest BCUT2D eigenvalue weighted by atomic mass is 14.8. The van der Waals surface area contributed by atoms with Gasteiger partial charge in [-0.05, 0) is 79.8 Å². The van der Waals surface area contributed by atoms with Gasteiger partial charge < -0.3 is 0 Å². The van der Waals surface area contributed by atoms with E-state index in [-0.39, 0.29) is 0 Å². The van der Waals surface area contributed by atoms with Gasteiger partial charge in [0.1, 0.15) is 0 Å². The molecule has 0 heteroatoms. The Kier molecular flexibility index (Phi) is 6.84. The fraction of sp³-hybridized carbons (Fsp3) is 1.00. The van der Waals surface area contributed by atoms with Crippen molar-refractivity contribution in [2.24, 2.45) is 79.8 Å². The van der Waals surface area contributed by atoms with E-state index >= 15 is 0 Å². The lowest BCUT2D eigenvalue weighted by Gasteiger charge is -2.75.